The van der Waals surface area contributed by atoms with E-state index in [1.54, 1.807) is 12.1 Å². The summed E-state index contributed by atoms with van der Waals surface area (Å²) in [5, 5.41) is 3.40. The summed E-state index contributed by atoms with van der Waals surface area (Å²) in [5.41, 5.74) is 0.842. The van der Waals surface area contributed by atoms with Gasteiger partial charge in [-0.1, -0.05) is 0 Å². The molecular weight excluding hydrogens is 270 g/mol. The maximum atomic E-state index is 13.0. The minimum Gasteiger partial charge on any atom is -0.395 e. The van der Waals surface area contributed by atoms with Gasteiger partial charge >= 0.3 is 6.29 Å². The number of ether oxygens (including phenoxy) is 3. The third-order valence-corrected chi connectivity index (χ3v) is 3.78. The Bertz CT molecular complexity index is 518. The number of benzene rings is 1. The number of anilines is 1. The molecule has 5 rings (SSSR count). The third-order valence-electron chi connectivity index (χ3n) is 3.78. The third kappa shape index (κ3) is 2.06. The lowest BCUT2D eigenvalue weighted by molar-refractivity contribution is -0.286. The average Bonchev–Trinajstić information content (AvgIpc) is 2.59. The van der Waals surface area contributed by atoms with Crippen LogP contribution in [-0.4, -0.2) is 44.7 Å². The molecule has 20 heavy (non-hydrogen) atoms. The van der Waals surface area contributed by atoms with Crippen LogP contribution in [-0.2, 0) is 4.74 Å². The molecule has 2 unspecified atom stereocenters. The monoisotopic (exact) mass is 284 g/mol. The molecule has 0 amide bonds. The summed E-state index contributed by atoms with van der Waals surface area (Å²) in [6.45, 7) is 3.03. The summed E-state index contributed by atoms with van der Waals surface area (Å²) in [6.07, 6.45) is -3.44. The van der Waals surface area contributed by atoms with E-state index < -0.39 is 6.29 Å². The lowest BCUT2D eigenvalue weighted by Crippen LogP contribution is -2.45. The van der Waals surface area contributed by atoms with Crippen molar-refractivity contribution in [3.8, 4) is 11.5 Å². The second-order valence-corrected chi connectivity index (χ2v) is 5.26. The first-order valence-corrected chi connectivity index (χ1v) is 6.59. The molecule has 5 nitrogen and oxygen atoms in total. The van der Waals surface area contributed by atoms with Gasteiger partial charge in [-0.05, 0) is 12.1 Å². The minimum absolute atomic E-state index is 0.0749. The average molecular weight is 284 g/mol. The summed E-state index contributed by atoms with van der Waals surface area (Å²) >= 11 is 0. The summed E-state index contributed by atoms with van der Waals surface area (Å²) in [7, 11) is 0. The molecule has 0 saturated carbocycles. The zero-order valence-electron chi connectivity index (χ0n) is 10.6. The number of nitrogens with one attached hydrogen (secondary N) is 1. The largest absolute Gasteiger partial charge is 0.586 e. The van der Waals surface area contributed by atoms with Crippen molar-refractivity contribution < 1.29 is 23.0 Å². The lowest BCUT2D eigenvalue weighted by atomic mass is 10.2. The maximum absolute atomic E-state index is 13.0. The first-order chi connectivity index (χ1) is 9.59. The van der Waals surface area contributed by atoms with E-state index in [0.29, 0.717) is 6.61 Å². The smallest absolute Gasteiger partial charge is 0.395 e. The number of nitrogens with zero attached hydrogens (tertiary/aromatic N) is 1. The van der Waals surface area contributed by atoms with Gasteiger partial charge in [-0.3, -0.25) is 0 Å². The first-order valence-electron chi connectivity index (χ1n) is 6.59. The molecule has 4 heterocycles. The van der Waals surface area contributed by atoms with Gasteiger partial charge in [-0.2, -0.15) is 0 Å². The normalized spacial score (nSPS) is 30.4. The van der Waals surface area contributed by atoms with Gasteiger partial charge in [0.05, 0.1) is 12.7 Å². The zero-order valence-corrected chi connectivity index (χ0v) is 10.6. The van der Waals surface area contributed by atoms with Crippen LogP contribution in [0.4, 0.5) is 14.5 Å². The van der Waals surface area contributed by atoms with Crippen LogP contribution in [0.5, 0.6) is 11.5 Å². The second kappa shape index (κ2) is 4.20. The molecule has 4 aliphatic heterocycles. The standard InChI is InChI=1S/C13H14F2N2O3/c14-13(15)19-11-2-1-9(3-12(11)20-13)17-5-8-7-18-10(6-17)4-16-8/h1-3,8,10,16H,4-7H2. The van der Waals surface area contributed by atoms with Crippen LogP contribution in [0.2, 0.25) is 0 Å². The summed E-state index contributed by atoms with van der Waals surface area (Å²) in [5.74, 6) is 0.156. The summed E-state index contributed by atoms with van der Waals surface area (Å²) in [6, 6.07) is 5.16. The Morgan fingerprint density at radius 3 is 2.85 bits per heavy atom. The molecule has 4 aliphatic rings. The van der Waals surface area contributed by atoms with E-state index in [2.05, 4.69) is 19.7 Å². The van der Waals surface area contributed by atoms with Gasteiger partial charge in [0, 0.05) is 37.4 Å². The Kier molecular flexibility index (Phi) is 2.55. The summed E-state index contributed by atoms with van der Waals surface area (Å²) < 4.78 is 40.6. The predicted molar refractivity (Wildman–Crippen MR) is 66.4 cm³/mol. The summed E-state index contributed by atoms with van der Waals surface area (Å²) in [4.78, 5) is 2.13. The van der Waals surface area contributed by atoms with Crippen molar-refractivity contribution >= 4 is 5.69 Å². The second-order valence-electron chi connectivity index (χ2n) is 5.26. The van der Waals surface area contributed by atoms with Gasteiger partial charge in [-0.15, -0.1) is 8.78 Å². The van der Waals surface area contributed by atoms with Crippen molar-refractivity contribution in [2.45, 2.75) is 18.4 Å². The molecule has 0 aromatic heterocycles. The SMILES string of the molecule is FC1(F)Oc2ccc(N3CC4COC(CN4)C3)cc2O1. The quantitative estimate of drug-likeness (QED) is 0.839. The molecule has 108 valence electrons. The highest BCUT2D eigenvalue weighted by atomic mass is 19.3. The molecule has 3 fully saturated rings. The highest BCUT2D eigenvalue weighted by molar-refractivity contribution is 5.58. The van der Waals surface area contributed by atoms with E-state index >= 15 is 0 Å². The number of hydrogen-bond acceptors (Lipinski definition) is 5. The number of fused-ring (bicyclic) bond motifs is 5. The van der Waals surface area contributed by atoms with Crippen LogP contribution in [0.1, 0.15) is 0 Å². The Balaban J connectivity index is 1.61. The molecule has 2 bridgehead atoms. The van der Waals surface area contributed by atoms with E-state index in [4.69, 9.17) is 4.74 Å². The lowest BCUT2D eigenvalue weighted by Gasteiger charge is -2.23. The molecular formula is C13H14F2N2O3. The molecule has 0 spiro atoms. The van der Waals surface area contributed by atoms with E-state index in [1.165, 1.54) is 6.07 Å². The van der Waals surface area contributed by atoms with Crippen LogP contribution in [0.15, 0.2) is 18.2 Å². The van der Waals surface area contributed by atoms with Crippen molar-refractivity contribution in [2.75, 3.05) is 31.1 Å². The Labute approximate surface area is 114 Å². The van der Waals surface area contributed by atoms with Gasteiger partial charge in [0.1, 0.15) is 0 Å². The van der Waals surface area contributed by atoms with Gasteiger partial charge in [0.2, 0.25) is 0 Å². The Morgan fingerprint density at radius 2 is 2.05 bits per heavy atom. The van der Waals surface area contributed by atoms with Crippen molar-refractivity contribution in [1.82, 2.24) is 5.32 Å². The Hall–Kier alpha value is -1.60. The number of alkyl halides is 2. The molecule has 7 heteroatoms. The molecule has 3 saturated heterocycles. The van der Waals surface area contributed by atoms with E-state index in [-0.39, 0.29) is 23.6 Å². The molecule has 2 atom stereocenters. The molecule has 1 N–H and O–H groups in total. The van der Waals surface area contributed by atoms with E-state index in [9.17, 15) is 8.78 Å². The predicted octanol–water partition coefficient (Wildman–Crippen LogP) is 1.19. The van der Waals surface area contributed by atoms with Crippen LogP contribution in [0.25, 0.3) is 0 Å². The van der Waals surface area contributed by atoms with Crippen molar-refractivity contribution in [1.29, 1.82) is 0 Å². The highest BCUT2D eigenvalue weighted by Gasteiger charge is 2.43. The maximum Gasteiger partial charge on any atom is 0.586 e. The molecule has 0 radical (unpaired) electrons. The first kappa shape index (κ1) is 12.2. The number of morpholine rings is 1. The van der Waals surface area contributed by atoms with Crippen LogP contribution in [0.3, 0.4) is 0 Å². The van der Waals surface area contributed by atoms with Crippen LogP contribution < -0.4 is 19.7 Å². The molecule has 1 aromatic carbocycles. The van der Waals surface area contributed by atoms with Gasteiger partial charge < -0.3 is 24.4 Å². The van der Waals surface area contributed by atoms with Gasteiger partial charge in [0.15, 0.2) is 11.5 Å². The number of halogens is 2. The molecule has 1 aromatic rings. The fourth-order valence-corrected chi connectivity index (χ4v) is 2.83. The van der Waals surface area contributed by atoms with E-state index in [1.807, 2.05) is 0 Å². The van der Waals surface area contributed by atoms with Crippen LogP contribution >= 0.6 is 0 Å². The minimum atomic E-state index is -3.57. The van der Waals surface area contributed by atoms with E-state index in [0.717, 1.165) is 25.3 Å². The zero-order chi connectivity index (χ0) is 13.7. The highest BCUT2D eigenvalue weighted by Crippen LogP contribution is 2.43. The number of hydrogen-bond donors (Lipinski definition) is 1. The molecule has 0 aliphatic carbocycles. The fourth-order valence-electron chi connectivity index (χ4n) is 2.83. The topological polar surface area (TPSA) is 43.0 Å². The van der Waals surface area contributed by atoms with Crippen molar-refractivity contribution in [2.24, 2.45) is 0 Å². The fraction of sp³-hybridized carbons (Fsp3) is 0.538. The van der Waals surface area contributed by atoms with Crippen molar-refractivity contribution in [3.05, 3.63) is 18.2 Å². The van der Waals surface area contributed by atoms with Gasteiger partial charge in [-0.25, -0.2) is 0 Å². The van der Waals surface area contributed by atoms with Gasteiger partial charge in [0.25, 0.3) is 0 Å². The van der Waals surface area contributed by atoms with Crippen LogP contribution in [0, 0.1) is 0 Å². The van der Waals surface area contributed by atoms with Crippen molar-refractivity contribution in [3.63, 3.8) is 0 Å². The number of rotatable bonds is 1. The Morgan fingerprint density at radius 1 is 1.20 bits per heavy atom.